The van der Waals surface area contributed by atoms with Gasteiger partial charge in [-0.05, 0) is 73.7 Å². The predicted octanol–water partition coefficient (Wildman–Crippen LogP) is 4.48. The van der Waals surface area contributed by atoms with E-state index < -0.39 is 6.10 Å². The highest BCUT2D eigenvalue weighted by molar-refractivity contribution is 6.30. The second-order valence-corrected chi connectivity index (χ2v) is 7.48. The van der Waals surface area contributed by atoms with Crippen LogP contribution in [0.25, 0.3) is 0 Å². The lowest BCUT2D eigenvalue weighted by molar-refractivity contribution is -0.125. The standard InChI is InChI=1S/C21H22ClNO3/c1-13(14-3-4-14)23(17-6-8-18(25-2)9-7-17)21(24)20-12-15-11-16(22)5-10-19(15)26-20/h5-11,13-14,20H,3-4,12H2,1-2H3/t13-,20+/m0/s1. The number of nitrogens with zero attached hydrogens (tertiary/aromatic N) is 1. The van der Waals surface area contributed by atoms with E-state index in [9.17, 15) is 4.79 Å². The number of amides is 1. The number of carbonyl (C=O) groups excluding carboxylic acids is 1. The number of halogens is 1. The number of fused-ring (bicyclic) bond motifs is 1. The summed E-state index contributed by atoms with van der Waals surface area (Å²) >= 11 is 6.08. The van der Waals surface area contributed by atoms with Crippen molar-refractivity contribution in [3.63, 3.8) is 0 Å². The van der Waals surface area contributed by atoms with E-state index in [2.05, 4.69) is 6.92 Å². The number of benzene rings is 2. The summed E-state index contributed by atoms with van der Waals surface area (Å²) in [6.45, 7) is 2.12. The van der Waals surface area contributed by atoms with Crippen LogP contribution in [0.2, 0.25) is 5.02 Å². The van der Waals surface area contributed by atoms with E-state index in [1.165, 1.54) is 12.8 Å². The van der Waals surface area contributed by atoms with Crippen molar-refractivity contribution in [2.24, 2.45) is 5.92 Å². The first-order chi connectivity index (χ1) is 12.6. The second-order valence-electron chi connectivity index (χ2n) is 7.05. The van der Waals surface area contributed by atoms with Gasteiger partial charge in [0.2, 0.25) is 0 Å². The highest BCUT2D eigenvalue weighted by Crippen LogP contribution is 2.39. The van der Waals surface area contributed by atoms with Crippen LogP contribution < -0.4 is 14.4 Å². The van der Waals surface area contributed by atoms with Crippen LogP contribution in [0, 0.1) is 5.92 Å². The van der Waals surface area contributed by atoms with Gasteiger partial charge in [0.05, 0.1) is 7.11 Å². The molecule has 2 atom stereocenters. The van der Waals surface area contributed by atoms with Crippen molar-refractivity contribution in [2.75, 3.05) is 12.0 Å². The van der Waals surface area contributed by atoms with Gasteiger partial charge in [-0.25, -0.2) is 0 Å². The maximum absolute atomic E-state index is 13.4. The van der Waals surface area contributed by atoms with Crippen molar-refractivity contribution in [2.45, 2.75) is 38.3 Å². The zero-order valence-electron chi connectivity index (χ0n) is 14.9. The topological polar surface area (TPSA) is 38.8 Å². The van der Waals surface area contributed by atoms with E-state index >= 15 is 0 Å². The SMILES string of the molecule is COc1ccc(N(C(=O)[C@H]2Cc3cc(Cl)ccc3O2)[C@@H](C)C2CC2)cc1. The third-order valence-corrected chi connectivity index (χ3v) is 5.51. The Labute approximate surface area is 158 Å². The summed E-state index contributed by atoms with van der Waals surface area (Å²) in [7, 11) is 1.64. The van der Waals surface area contributed by atoms with Gasteiger partial charge in [0.25, 0.3) is 5.91 Å². The average molecular weight is 372 g/mol. The van der Waals surface area contributed by atoms with Gasteiger partial charge in [0.1, 0.15) is 11.5 Å². The molecule has 0 spiro atoms. The van der Waals surface area contributed by atoms with Gasteiger partial charge in [-0.2, -0.15) is 0 Å². The molecule has 26 heavy (non-hydrogen) atoms. The van der Waals surface area contributed by atoms with Gasteiger partial charge >= 0.3 is 0 Å². The summed E-state index contributed by atoms with van der Waals surface area (Å²) in [5.41, 5.74) is 1.87. The highest BCUT2D eigenvalue weighted by atomic mass is 35.5. The van der Waals surface area contributed by atoms with Crippen LogP contribution in [-0.2, 0) is 11.2 Å². The van der Waals surface area contributed by atoms with E-state index in [0.717, 1.165) is 22.7 Å². The van der Waals surface area contributed by atoms with E-state index in [1.807, 2.05) is 41.3 Å². The maximum Gasteiger partial charge on any atom is 0.268 e. The van der Waals surface area contributed by atoms with E-state index in [-0.39, 0.29) is 11.9 Å². The molecule has 136 valence electrons. The van der Waals surface area contributed by atoms with Crippen molar-refractivity contribution in [1.82, 2.24) is 0 Å². The van der Waals surface area contributed by atoms with Crippen LogP contribution in [0.1, 0.15) is 25.3 Å². The Morgan fingerprint density at radius 3 is 2.62 bits per heavy atom. The molecule has 4 rings (SSSR count). The Morgan fingerprint density at radius 2 is 1.96 bits per heavy atom. The molecule has 5 heteroatoms. The Morgan fingerprint density at radius 1 is 1.23 bits per heavy atom. The minimum absolute atomic E-state index is 0.00175. The second kappa shape index (κ2) is 6.84. The minimum atomic E-state index is -0.508. The van der Waals surface area contributed by atoms with Crippen LogP contribution in [0.3, 0.4) is 0 Å². The molecule has 1 aliphatic heterocycles. The van der Waals surface area contributed by atoms with Crippen molar-refractivity contribution in [3.05, 3.63) is 53.1 Å². The quantitative estimate of drug-likeness (QED) is 0.777. The van der Waals surface area contributed by atoms with Crippen molar-refractivity contribution < 1.29 is 14.3 Å². The number of hydrogen-bond donors (Lipinski definition) is 0. The highest BCUT2D eigenvalue weighted by Gasteiger charge is 2.40. The number of anilines is 1. The molecule has 4 nitrogen and oxygen atoms in total. The summed E-state index contributed by atoms with van der Waals surface area (Å²) in [5, 5.41) is 0.666. The van der Waals surface area contributed by atoms with Gasteiger partial charge in [-0.15, -0.1) is 0 Å². The molecule has 0 bridgehead atoms. The third-order valence-electron chi connectivity index (χ3n) is 5.27. The number of rotatable bonds is 5. The van der Waals surface area contributed by atoms with Crippen molar-refractivity contribution >= 4 is 23.2 Å². The zero-order chi connectivity index (χ0) is 18.3. The van der Waals surface area contributed by atoms with E-state index in [4.69, 9.17) is 21.1 Å². The lowest BCUT2D eigenvalue weighted by atomic mass is 10.1. The molecular formula is C21H22ClNO3. The normalized spacial score (nSPS) is 19.4. The third kappa shape index (κ3) is 3.26. The first kappa shape index (κ1) is 17.2. The number of ether oxygens (including phenoxy) is 2. The van der Waals surface area contributed by atoms with Crippen molar-refractivity contribution in [3.8, 4) is 11.5 Å². The average Bonchev–Trinajstić information content (AvgIpc) is 3.42. The molecule has 0 N–H and O–H groups in total. The fraction of sp³-hybridized carbons (Fsp3) is 0.381. The number of hydrogen-bond acceptors (Lipinski definition) is 3. The number of carbonyl (C=O) groups is 1. The van der Waals surface area contributed by atoms with Gasteiger partial charge in [-0.3, -0.25) is 4.79 Å². The summed E-state index contributed by atoms with van der Waals surface area (Å²) in [6.07, 6.45) is 2.38. The first-order valence-electron chi connectivity index (χ1n) is 8.99. The van der Waals surface area contributed by atoms with Gasteiger partial charge in [0.15, 0.2) is 6.10 Å². The zero-order valence-corrected chi connectivity index (χ0v) is 15.7. The summed E-state index contributed by atoms with van der Waals surface area (Å²) in [5.74, 6) is 2.09. The van der Waals surface area contributed by atoms with Gasteiger partial charge < -0.3 is 14.4 Å². The molecule has 2 aromatic rings. The van der Waals surface area contributed by atoms with Gasteiger partial charge in [0, 0.05) is 23.2 Å². The molecular weight excluding hydrogens is 350 g/mol. The summed E-state index contributed by atoms with van der Waals surface area (Å²) in [6, 6.07) is 13.3. The molecule has 1 saturated carbocycles. The smallest absolute Gasteiger partial charge is 0.268 e. The molecule has 1 amide bonds. The Balaban J connectivity index is 1.60. The molecule has 1 aliphatic carbocycles. The monoisotopic (exact) mass is 371 g/mol. The fourth-order valence-electron chi connectivity index (χ4n) is 3.61. The van der Waals surface area contributed by atoms with E-state index in [0.29, 0.717) is 17.4 Å². The Kier molecular flexibility index (Phi) is 4.53. The lowest BCUT2D eigenvalue weighted by Gasteiger charge is -2.31. The van der Waals surface area contributed by atoms with Gasteiger partial charge in [-0.1, -0.05) is 11.6 Å². The minimum Gasteiger partial charge on any atom is -0.497 e. The fourth-order valence-corrected chi connectivity index (χ4v) is 3.80. The number of methoxy groups -OCH3 is 1. The maximum atomic E-state index is 13.4. The first-order valence-corrected chi connectivity index (χ1v) is 9.37. The lowest BCUT2D eigenvalue weighted by Crippen LogP contribution is -2.47. The van der Waals surface area contributed by atoms with Crippen LogP contribution >= 0.6 is 11.6 Å². The van der Waals surface area contributed by atoms with E-state index in [1.54, 1.807) is 13.2 Å². The Bertz CT molecular complexity index is 817. The predicted molar refractivity (Wildman–Crippen MR) is 102 cm³/mol. The molecule has 0 saturated heterocycles. The molecule has 2 aromatic carbocycles. The summed E-state index contributed by atoms with van der Waals surface area (Å²) < 4.78 is 11.2. The van der Waals surface area contributed by atoms with Crippen LogP contribution in [-0.4, -0.2) is 25.2 Å². The van der Waals surface area contributed by atoms with Crippen LogP contribution in [0.5, 0.6) is 11.5 Å². The molecule has 1 fully saturated rings. The molecule has 0 radical (unpaired) electrons. The van der Waals surface area contributed by atoms with Crippen LogP contribution in [0.4, 0.5) is 5.69 Å². The van der Waals surface area contributed by atoms with Crippen molar-refractivity contribution in [1.29, 1.82) is 0 Å². The van der Waals surface area contributed by atoms with Crippen LogP contribution in [0.15, 0.2) is 42.5 Å². The molecule has 0 aromatic heterocycles. The largest absolute Gasteiger partial charge is 0.497 e. The summed E-state index contributed by atoms with van der Waals surface area (Å²) in [4.78, 5) is 15.3. The molecule has 0 unspecified atom stereocenters. The molecule has 2 aliphatic rings. The Hall–Kier alpha value is -2.20. The molecule has 1 heterocycles.